The summed E-state index contributed by atoms with van der Waals surface area (Å²) in [4.78, 5) is 29.4. The highest BCUT2D eigenvalue weighted by atomic mass is 16.5. The Labute approximate surface area is 188 Å². The molecule has 0 radical (unpaired) electrons. The summed E-state index contributed by atoms with van der Waals surface area (Å²) in [6, 6.07) is 14.6. The maximum Gasteiger partial charge on any atom is 0.257 e. The quantitative estimate of drug-likeness (QED) is 0.664. The van der Waals surface area contributed by atoms with Crippen LogP contribution in [-0.2, 0) is 4.74 Å². The fraction of sp³-hybridized carbons (Fsp3) is 0.440. The molecule has 2 fully saturated rings. The fourth-order valence-corrected chi connectivity index (χ4v) is 4.19. The van der Waals surface area contributed by atoms with Crippen molar-refractivity contribution in [2.75, 3.05) is 46.1 Å². The highest BCUT2D eigenvalue weighted by molar-refractivity contribution is 5.97. The molecule has 2 amide bonds. The van der Waals surface area contributed by atoms with Crippen LogP contribution in [0.2, 0.25) is 0 Å². The molecule has 0 saturated carbocycles. The second-order valence-corrected chi connectivity index (χ2v) is 7.96. The first kappa shape index (κ1) is 22.1. The number of benzene rings is 2. The van der Waals surface area contributed by atoms with Crippen molar-refractivity contribution in [2.24, 2.45) is 0 Å². The Bertz CT molecular complexity index is 924. The minimum atomic E-state index is -0.0217. The molecule has 2 aliphatic rings. The minimum absolute atomic E-state index is 0.00633. The topological polar surface area (TPSA) is 68.3 Å². The average molecular weight is 439 g/mol. The zero-order chi connectivity index (χ0) is 22.3. The number of nitrogens with zero attached hydrogens (tertiary/aromatic N) is 2. The van der Waals surface area contributed by atoms with E-state index in [0.717, 1.165) is 12.8 Å². The van der Waals surface area contributed by atoms with Gasteiger partial charge in [0.05, 0.1) is 31.4 Å². The molecule has 0 unspecified atom stereocenters. The van der Waals surface area contributed by atoms with Gasteiger partial charge in [-0.05, 0) is 56.2 Å². The van der Waals surface area contributed by atoms with Gasteiger partial charge in [-0.1, -0.05) is 12.1 Å². The Kier molecular flexibility index (Phi) is 7.27. The van der Waals surface area contributed by atoms with E-state index in [4.69, 9.17) is 14.2 Å². The molecule has 7 heteroatoms. The molecule has 2 heterocycles. The van der Waals surface area contributed by atoms with Gasteiger partial charge in [-0.25, -0.2) is 0 Å². The van der Waals surface area contributed by atoms with Gasteiger partial charge in [-0.2, -0.15) is 0 Å². The SMILES string of the molecule is CCOc1ccccc1C(=O)N1CCC[C@H]1COc1ccc(C(=O)N2CCOCC2)cc1. The van der Waals surface area contributed by atoms with Crippen LogP contribution in [0.4, 0.5) is 0 Å². The summed E-state index contributed by atoms with van der Waals surface area (Å²) in [7, 11) is 0. The molecule has 0 aliphatic carbocycles. The number of amides is 2. The summed E-state index contributed by atoms with van der Waals surface area (Å²) in [5.74, 6) is 1.30. The van der Waals surface area contributed by atoms with Gasteiger partial charge < -0.3 is 24.0 Å². The van der Waals surface area contributed by atoms with Gasteiger partial charge in [0.1, 0.15) is 18.1 Å². The van der Waals surface area contributed by atoms with Gasteiger partial charge in [0.15, 0.2) is 0 Å². The van der Waals surface area contributed by atoms with Gasteiger partial charge in [0.25, 0.3) is 11.8 Å². The van der Waals surface area contributed by atoms with Crippen LogP contribution >= 0.6 is 0 Å². The standard InChI is InChI=1S/C25H30N2O5/c1-2-31-23-8-4-3-7-22(23)25(29)27-13-5-6-20(27)18-32-21-11-9-19(10-12-21)24(28)26-14-16-30-17-15-26/h3-4,7-12,20H,2,5-6,13-18H2,1H3/t20-/m0/s1. The van der Waals surface area contributed by atoms with Crippen LogP contribution in [0.5, 0.6) is 11.5 Å². The smallest absolute Gasteiger partial charge is 0.257 e. The first-order valence-electron chi connectivity index (χ1n) is 11.3. The second kappa shape index (κ2) is 10.5. The summed E-state index contributed by atoms with van der Waals surface area (Å²) in [6.07, 6.45) is 1.85. The highest BCUT2D eigenvalue weighted by Crippen LogP contribution is 2.26. The maximum absolute atomic E-state index is 13.2. The molecule has 7 nitrogen and oxygen atoms in total. The van der Waals surface area contributed by atoms with Crippen molar-refractivity contribution < 1.29 is 23.8 Å². The van der Waals surface area contributed by atoms with Crippen LogP contribution in [0, 0.1) is 0 Å². The number of carbonyl (C=O) groups excluding carboxylic acids is 2. The van der Waals surface area contributed by atoms with Gasteiger partial charge in [0.2, 0.25) is 0 Å². The monoisotopic (exact) mass is 438 g/mol. The largest absolute Gasteiger partial charge is 0.493 e. The first-order valence-corrected chi connectivity index (χ1v) is 11.3. The molecule has 2 aromatic rings. The summed E-state index contributed by atoms with van der Waals surface area (Å²) in [5.41, 5.74) is 1.23. The molecular weight excluding hydrogens is 408 g/mol. The lowest BCUT2D eigenvalue weighted by atomic mass is 10.1. The van der Waals surface area contributed by atoms with Crippen molar-refractivity contribution >= 4 is 11.8 Å². The molecule has 32 heavy (non-hydrogen) atoms. The van der Waals surface area contributed by atoms with E-state index in [-0.39, 0.29) is 17.9 Å². The number of ether oxygens (including phenoxy) is 3. The lowest BCUT2D eigenvalue weighted by Gasteiger charge is -2.27. The van der Waals surface area contributed by atoms with Crippen molar-refractivity contribution in [1.82, 2.24) is 9.80 Å². The molecular formula is C25H30N2O5. The van der Waals surface area contributed by atoms with E-state index < -0.39 is 0 Å². The van der Waals surface area contributed by atoms with Crippen molar-refractivity contribution in [1.29, 1.82) is 0 Å². The Hall–Kier alpha value is -3.06. The molecule has 0 N–H and O–H groups in total. The third-order valence-corrected chi connectivity index (χ3v) is 5.90. The van der Waals surface area contributed by atoms with Crippen molar-refractivity contribution in [3.8, 4) is 11.5 Å². The van der Waals surface area contributed by atoms with Crippen LogP contribution < -0.4 is 9.47 Å². The number of hydrogen-bond donors (Lipinski definition) is 0. The number of carbonyl (C=O) groups is 2. The highest BCUT2D eigenvalue weighted by Gasteiger charge is 2.31. The number of para-hydroxylation sites is 1. The van der Waals surface area contributed by atoms with Crippen LogP contribution in [0.15, 0.2) is 48.5 Å². The lowest BCUT2D eigenvalue weighted by molar-refractivity contribution is 0.0303. The molecule has 4 rings (SSSR count). The van der Waals surface area contributed by atoms with Gasteiger partial charge in [-0.3, -0.25) is 9.59 Å². The van der Waals surface area contributed by atoms with E-state index in [1.165, 1.54) is 0 Å². The van der Waals surface area contributed by atoms with Crippen LogP contribution in [0.1, 0.15) is 40.5 Å². The molecule has 0 bridgehead atoms. The molecule has 2 aromatic carbocycles. The normalized spacial score (nSPS) is 18.5. The predicted molar refractivity (Wildman–Crippen MR) is 120 cm³/mol. The van der Waals surface area contributed by atoms with Crippen molar-refractivity contribution in [3.05, 3.63) is 59.7 Å². The third kappa shape index (κ3) is 5.05. The number of likely N-dealkylation sites (tertiary alicyclic amines) is 1. The Morgan fingerprint density at radius 2 is 1.72 bits per heavy atom. The Balaban J connectivity index is 1.36. The van der Waals surface area contributed by atoms with Crippen LogP contribution in [0.25, 0.3) is 0 Å². The zero-order valence-electron chi connectivity index (χ0n) is 18.5. The predicted octanol–water partition coefficient (Wildman–Crippen LogP) is 3.24. The summed E-state index contributed by atoms with van der Waals surface area (Å²) in [6.45, 7) is 5.95. The van der Waals surface area contributed by atoms with Crippen molar-refractivity contribution in [3.63, 3.8) is 0 Å². The molecule has 2 saturated heterocycles. The van der Waals surface area contributed by atoms with E-state index in [9.17, 15) is 9.59 Å². The van der Waals surface area contributed by atoms with Crippen molar-refractivity contribution in [2.45, 2.75) is 25.8 Å². The fourth-order valence-electron chi connectivity index (χ4n) is 4.19. The summed E-state index contributed by atoms with van der Waals surface area (Å²) < 4.78 is 16.9. The number of hydrogen-bond acceptors (Lipinski definition) is 5. The van der Waals surface area contributed by atoms with Gasteiger partial charge >= 0.3 is 0 Å². The molecule has 0 aromatic heterocycles. The second-order valence-electron chi connectivity index (χ2n) is 7.96. The van der Waals surface area contributed by atoms with E-state index in [1.54, 1.807) is 12.1 Å². The Morgan fingerprint density at radius 3 is 2.47 bits per heavy atom. The van der Waals surface area contributed by atoms with E-state index in [2.05, 4.69) is 0 Å². The first-order chi connectivity index (χ1) is 15.7. The van der Waals surface area contributed by atoms with E-state index >= 15 is 0 Å². The number of rotatable bonds is 7. The van der Waals surface area contributed by atoms with Gasteiger partial charge in [-0.15, -0.1) is 0 Å². The van der Waals surface area contributed by atoms with Crippen LogP contribution in [0.3, 0.4) is 0 Å². The molecule has 2 aliphatic heterocycles. The molecule has 0 spiro atoms. The lowest BCUT2D eigenvalue weighted by Crippen LogP contribution is -2.40. The number of morpholine rings is 1. The molecule has 1 atom stereocenters. The van der Waals surface area contributed by atoms with Crippen LogP contribution in [-0.4, -0.2) is 73.7 Å². The Morgan fingerprint density at radius 1 is 0.969 bits per heavy atom. The summed E-state index contributed by atoms with van der Waals surface area (Å²) >= 11 is 0. The van der Waals surface area contributed by atoms with E-state index in [0.29, 0.717) is 68.7 Å². The van der Waals surface area contributed by atoms with E-state index in [1.807, 2.05) is 53.1 Å². The third-order valence-electron chi connectivity index (χ3n) is 5.90. The van der Waals surface area contributed by atoms with Gasteiger partial charge in [0, 0.05) is 25.2 Å². The zero-order valence-corrected chi connectivity index (χ0v) is 18.5. The summed E-state index contributed by atoms with van der Waals surface area (Å²) in [5, 5.41) is 0. The maximum atomic E-state index is 13.2. The average Bonchev–Trinajstić information content (AvgIpc) is 3.32. The minimum Gasteiger partial charge on any atom is -0.493 e. The molecule has 170 valence electrons.